The molecule has 6 nitrogen and oxygen atoms in total. The third kappa shape index (κ3) is 3.86. The molecule has 0 amide bonds. The van der Waals surface area contributed by atoms with Gasteiger partial charge in [0.15, 0.2) is 0 Å². The van der Waals surface area contributed by atoms with Crippen LogP contribution in [-0.4, -0.2) is 37.5 Å². The standard InChI is InChI=1S/C15H23N5O/c1-11(2)15(4,21)9-16-12(3)13-5-7-14(8-6-13)20-10-17-18-19-20/h5-8,10-12,16,21H,9H2,1-4H3. The molecule has 0 fully saturated rings. The van der Waals surface area contributed by atoms with Crippen LogP contribution >= 0.6 is 0 Å². The lowest BCUT2D eigenvalue weighted by atomic mass is 9.92. The second kappa shape index (κ2) is 6.32. The molecule has 1 aromatic heterocycles. The molecule has 0 saturated heterocycles. The lowest BCUT2D eigenvalue weighted by molar-refractivity contribution is 0.0122. The van der Waals surface area contributed by atoms with E-state index >= 15 is 0 Å². The smallest absolute Gasteiger partial charge is 0.143 e. The van der Waals surface area contributed by atoms with Gasteiger partial charge in [-0.1, -0.05) is 26.0 Å². The monoisotopic (exact) mass is 289 g/mol. The third-order valence-corrected chi connectivity index (χ3v) is 4.02. The molecule has 0 saturated carbocycles. The Hall–Kier alpha value is -1.79. The maximum Gasteiger partial charge on any atom is 0.143 e. The van der Waals surface area contributed by atoms with Gasteiger partial charge in [0.25, 0.3) is 0 Å². The molecule has 2 aromatic rings. The predicted octanol–water partition coefficient (Wildman–Crippen LogP) is 1.72. The van der Waals surface area contributed by atoms with E-state index in [0.717, 1.165) is 11.3 Å². The molecule has 6 heteroatoms. The number of aromatic nitrogens is 4. The van der Waals surface area contributed by atoms with Crippen molar-refractivity contribution in [1.29, 1.82) is 0 Å². The predicted molar refractivity (Wildman–Crippen MR) is 81.0 cm³/mol. The molecule has 21 heavy (non-hydrogen) atoms. The van der Waals surface area contributed by atoms with Crippen molar-refractivity contribution in [1.82, 2.24) is 25.5 Å². The van der Waals surface area contributed by atoms with E-state index < -0.39 is 5.60 Å². The van der Waals surface area contributed by atoms with Gasteiger partial charge in [-0.25, -0.2) is 4.68 Å². The first-order valence-corrected chi connectivity index (χ1v) is 7.19. The van der Waals surface area contributed by atoms with Crippen molar-refractivity contribution in [2.45, 2.75) is 39.3 Å². The highest BCUT2D eigenvalue weighted by Crippen LogP contribution is 2.19. The number of tetrazole rings is 1. The van der Waals surface area contributed by atoms with Crippen LogP contribution in [-0.2, 0) is 0 Å². The molecule has 0 bridgehead atoms. The van der Waals surface area contributed by atoms with Gasteiger partial charge >= 0.3 is 0 Å². The second-order valence-corrected chi connectivity index (χ2v) is 5.96. The van der Waals surface area contributed by atoms with Crippen molar-refractivity contribution in [2.75, 3.05) is 6.54 Å². The van der Waals surface area contributed by atoms with Crippen LogP contribution in [0.25, 0.3) is 5.69 Å². The van der Waals surface area contributed by atoms with Crippen LogP contribution in [0.15, 0.2) is 30.6 Å². The first-order chi connectivity index (χ1) is 9.90. The van der Waals surface area contributed by atoms with E-state index in [4.69, 9.17) is 0 Å². The number of nitrogens with zero attached hydrogens (tertiary/aromatic N) is 4. The van der Waals surface area contributed by atoms with Gasteiger partial charge in [-0.2, -0.15) is 0 Å². The molecule has 0 radical (unpaired) electrons. The fraction of sp³-hybridized carbons (Fsp3) is 0.533. The summed E-state index contributed by atoms with van der Waals surface area (Å²) >= 11 is 0. The van der Waals surface area contributed by atoms with Crippen LogP contribution in [0.3, 0.4) is 0 Å². The minimum absolute atomic E-state index is 0.165. The van der Waals surface area contributed by atoms with Gasteiger partial charge in [0.2, 0.25) is 0 Å². The average Bonchev–Trinajstić information content (AvgIpc) is 2.99. The first-order valence-electron chi connectivity index (χ1n) is 7.19. The zero-order chi connectivity index (χ0) is 15.5. The van der Waals surface area contributed by atoms with Crippen LogP contribution in [0.1, 0.15) is 39.3 Å². The number of nitrogens with one attached hydrogen (secondary N) is 1. The summed E-state index contributed by atoms with van der Waals surface area (Å²) in [6.07, 6.45) is 1.57. The van der Waals surface area contributed by atoms with E-state index in [2.05, 4.69) is 27.8 Å². The van der Waals surface area contributed by atoms with Crippen LogP contribution in [0, 0.1) is 5.92 Å². The van der Waals surface area contributed by atoms with Crippen molar-refractivity contribution in [3.63, 3.8) is 0 Å². The quantitative estimate of drug-likeness (QED) is 0.847. The summed E-state index contributed by atoms with van der Waals surface area (Å²) in [5.41, 5.74) is 1.37. The van der Waals surface area contributed by atoms with Crippen LogP contribution in [0.2, 0.25) is 0 Å². The van der Waals surface area contributed by atoms with Gasteiger partial charge < -0.3 is 10.4 Å². The second-order valence-electron chi connectivity index (χ2n) is 5.96. The number of rotatable bonds is 6. The first kappa shape index (κ1) is 15.6. The Morgan fingerprint density at radius 1 is 1.24 bits per heavy atom. The van der Waals surface area contributed by atoms with Gasteiger partial charge in [-0.3, -0.25) is 0 Å². The number of hydrogen-bond acceptors (Lipinski definition) is 5. The lowest BCUT2D eigenvalue weighted by Gasteiger charge is -2.29. The van der Waals surface area contributed by atoms with Gasteiger partial charge in [0, 0.05) is 12.6 Å². The van der Waals surface area contributed by atoms with Crippen molar-refractivity contribution in [3.05, 3.63) is 36.2 Å². The number of benzene rings is 1. The molecule has 0 aliphatic rings. The summed E-state index contributed by atoms with van der Waals surface area (Å²) in [5.74, 6) is 0.208. The Bertz CT molecular complexity index is 548. The fourth-order valence-electron chi connectivity index (χ4n) is 1.88. The van der Waals surface area contributed by atoms with E-state index in [1.54, 1.807) is 11.0 Å². The normalized spacial score (nSPS) is 15.9. The minimum atomic E-state index is -0.708. The molecule has 0 spiro atoms. The molecular weight excluding hydrogens is 266 g/mol. The summed E-state index contributed by atoms with van der Waals surface area (Å²) in [6.45, 7) is 8.54. The Balaban J connectivity index is 1.99. The van der Waals surface area contributed by atoms with E-state index in [1.807, 2.05) is 45.0 Å². The maximum atomic E-state index is 10.3. The number of aliphatic hydroxyl groups is 1. The Labute approximate surface area is 125 Å². The van der Waals surface area contributed by atoms with Gasteiger partial charge in [-0.15, -0.1) is 5.10 Å². The van der Waals surface area contributed by atoms with Gasteiger partial charge in [-0.05, 0) is 47.9 Å². The van der Waals surface area contributed by atoms with E-state index in [-0.39, 0.29) is 12.0 Å². The summed E-state index contributed by atoms with van der Waals surface area (Å²) in [5, 5.41) is 24.7. The highest BCUT2D eigenvalue weighted by atomic mass is 16.3. The zero-order valence-electron chi connectivity index (χ0n) is 13.0. The lowest BCUT2D eigenvalue weighted by Crippen LogP contribution is -2.42. The van der Waals surface area contributed by atoms with E-state index in [1.165, 1.54) is 0 Å². The third-order valence-electron chi connectivity index (χ3n) is 4.02. The zero-order valence-corrected chi connectivity index (χ0v) is 13.0. The van der Waals surface area contributed by atoms with Crippen molar-refractivity contribution < 1.29 is 5.11 Å². The fourth-order valence-corrected chi connectivity index (χ4v) is 1.88. The molecule has 0 aliphatic heterocycles. The highest BCUT2D eigenvalue weighted by molar-refractivity contribution is 5.34. The molecule has 1 aromatic carbocycles. The Morgan fingerprint density at radius 3 is 2.43 bits per heavy atom. The SMILES string of the molecule is CC(NCC(C)(O)C(C)C)c1ccc(-n2cnnn2)cc1. The van der Waals surface area contributed by atoms with Crippen LogP contribution in [0.5, 0.6) is 0 Å². The highest BCUT2D eigenvalue weighted by Gasteiger charge is 2.25. The van der Waals surface area contributed by atoms with E-state index in [9.17, 15) is 5.11 Å². The van der Waals surface area contributed by atoms with Crippen molar-refractivity contribution in [2.24, 2.45) is 5.92 Å². The van der Waals surface area contributed by atoms with Crippen LogP contribution < -0.4 is 5.32 Å². The van der Waals surface area contributed by atoms with Gasteiger partial charge in [0.05, 0.1) is 11.3 Å². The minimum Gasteiger partial charge on any atom is -0.389 e. The summed E-state index contributed by atoms with van der Waals surface area (Å²) in [7, 11) is 0. The maximum absolute atomic E-state index is 10.3. The summed E-state index contributed by atoms with van der Waals surface area (Å²) in [4.78, 5) is 0. The van der Waals surface area contributed by atoms with E-state index in [0.29, 0.717) is 6.54 Å². The summed E-state index contributed by atoms with van der Waals surface area (Å²) < 4.78 is 1.62. The Morgan fingerprint density at radius 2 is 1.90 bits per heavy atom. The van der Waals surface area contributed by atoms with Crippen molar-refractivity contribution in [3.8, 4) is 5.69 Å². The molecule has 1 heterocycles. The average molecular weight is 289 g/mol. The molecule has 114 valence electrons. The molecular formula is C15H23N5O. The molecule has 2 N–H and O–H groups in total. The molecule has 2 atom stereocenters. The molecule has 2 rings (SSSR count). The molecule has 2 unspecified atom stereocenters. The van der Waals surface area contributed by atoms with Crippen molar-refractivity contribution >= 4 is 0 Å². The molecule has 0 aliphatic carbocycles. The number of hydrogen-bond donors (Lipinski definition) is 2. The Kier molecular flexibility index (Phi) is 4.69. The van der Waals surface area contributed by atoms with Gasteiger partial charge in [0.1, 0.15) is 6.33 Å². The topological polar surface area (TPSA) is 75.9 Å². The van der Waals surface area contributed by atoms with Crippen LogP contribution in [0.4, 0.5) is 0 Å². The summed E-state index contributed by atoms with van der Waals surface area (Å²) in [6, 6.07) is 8.20. The largest absolute Gasteiger partial charge is 0.389 e.